The second kappa shape index (κ2) is 6.06. The van der Waals surface area contributed by atoms with Crippen LogP contribution < -0.4 is 4.90 Å². The molecule has 92 valence electrons. The van der Waals surface area contributed by atoms with Crippen molar-refractivity contribution in [3.05, 3.63) is 35.4 Å². The molecule has 0 amide bonds. The molecule has 0 unspecified atom stereocenters. The predicted molar refractivity (Wildman–Crippen MR) is 68.1 cm³/mol. The Kier molecular flexibility index (Phi) is 4.72. The lowest BCUT2D eigenvalue weighted by atomic mass is 10.1. The molecule has 0 spiro atoms. The summed E-state index contributed by atoms with van der Waals surface area (Å²) in [6.07, 6.45) is 1.62. The predicted octanol–water partition coefficient (Wildman–Crippen LogP) is 1.60. The van der Waals surface area contributed by atoms with Gasteiger partial charge in [-0.15, -0.1) is 0 Å². The van der Waals surface area contributed by atoms with Gasteiger partial charge in [0.25, 0.3) is 0 Å². The summed E-state index contributed by atoms with van der Waals surface area (Å²) in [6.45, 7) is 2.24. The van der Waals surface area contributed by atoms with Crippen LogP contribution in [0, 0.1) is 0 Å². The third-order valence-corrected chi connectivity index (χ3v) is 2.49. The standard InChI is InChI=1S/C13H17NO3/c1-10(13(16)17)9-11-3-5-12(6-4-11)14(2)7-8-15/h3-6,9,15H,7-8H2,1-2H3,(H,16,17)/b10-9+. The number of aliphatic hydroxyl groups is 1. The van der Waals surface area contributed by atoms with Crippen LogP contribution in [-0.2, 0) is 4.79 Å². The van der Waals surface area contributed by atoms with Crippen LogP contribution in [0.2, 0.25) is 0 Å². The summed E-state index contributed by atoms with van der Waals surface area (Å²) in [5.41, 5.74) is 2.15. The molecular formula is C13H17NO3. The number of nitrogens with zero attached hydrogens (tertiary/aromatic N) is 1. The number of carboxylic acid groups (broad SMARTS) is 1. The molecule has 0 aliphatic heterocycles. The lowest BCUT2D eigenvalue weighted by Gasteiger charge is -2.17. The smallest absolute Gasteiger partial charge is 0.331 e. The van der Waals surface area contributed by atoms with Gasteiger partial charge < -0.3 is 15.1 Å². The molecule has 17 heavy (non-hydrogen) atoms. The Morgan fingerprint density at radius 1 is 1.35 bits per heavy atom. The lowest BCUT2D eigenvalue weighted by Crippen LogP contribution is -2.20. The molecule has 0 atom stereocenters. The number of hydrogen-bond acceptors (Lipinski definition) is 3. The molecule has 1 aromatic carbocycles. The second-order valence-corrected chi connectivity index (χ2v) is 3.87. The maximum absolute atomic E-state index is 10.7. The summed E-state index contributed by atoms with van der Waals surface area (Å²) >= 11 is 0. The van der Waals surface area contributed by atoms with Crippen molar-refractivity contribution in [1.29, 1.82) is 0 Å². The first kappa shape index (κ1) is 13.3. The zero-order valence-corrected chi connectivity index (χ0v) is 10.1. The van der Waals surface area contributed by atoms with E-state index in [0.29, 0.717) is 12.1 Å². The van der Waals surface area contributed by atoms with Gasteiger partial charge in [0, 0.05) is 24.9 Å². The van der Waals surface area contributed by atoms with Crippen molar-refractivity contribution in [2.45, 2.75) is 6.92 Å². The molecule has 0 aliphatic rings. The third kappa shape index (κ3) is 3.92. The Morgan fingerprint density at radius 3 is 2.41 bits per heavy atom. The number of likely N-dealkylation sites (N-methyl/N-ethyl adjacent to an activating group) is 1. The number of carbonyl (C=O) groups is 1. The molecule has 0 fully saturated rings. The van der Waals surface area contributed by atoms with E-state index in [2.05, 4.69) is 0 Å². The highest BCUT2D eigenvalue weighted by Crippen LogP contribution is 2.15. The van der Waals surface area contributed by atoms with E-state index in [1.807, 2.05) is 36.2 Å². The first-order valence-electron chi connectivity index (χ1n) is 5.38. The van der Waals surface area contributed by atoms with Crippen molar-refractivity contribution in [2.24, 2.45) is 0 Å². The van der Waals surface area contributed by atoms with Crippen molar-refractivity contribution >= 4 is 17.7 Å². The Bertz CT molecular complexity index is 409. The number of rotatable bonds is 5. The number of hydrogen-bond donors (Lipinski definition) is 2. The lowest BCUT2D eigenvalue weighted by molar-refractivity contribution is -0.132. The Morgan fingerprint density at radius 2 is 1.94 bits per heavy atom. The topological polar surface area (TPSA) is 60.8 Å². The average Bonchev–Trinajstić information content (AvgIpc) is 2.30. The molecule has 2 N–H and O–H groups in total. The van der Waals surface area contributed by atoms with Gasteiger partial charge >= 0.3 is 5.97 Å². The van der Waals surface area contributed by atoms with Crippen molar-refractivity contribution in [3.8, 4) is 0 Å². The van der Waals surface area contributed by atoms with Crippen molar-refractivity contribution < 1.29 is 15.0 Å². The van der Waals surface area contributed by atoms with E-state index in [-0.39, 0.29) is 6.61 Å². The van der Waals surface area contributed by atoms with E-state index in [1.165, 1.54) is 0 Å². The first-order chi connectivity index (χ1) is 8.04. The number of carboxylic acids is 1. The zero-order chi connectivity index (χ0) is 12.8. The van der Waals surface area contributed by atoms with Gasteiger partial charge in [0.1, 0.15) is 0 Å². The second-order valence-electron chi connectivity index (χ2n) is 3.87. The summed E-state index contributed by atoms with van der Waals surface area (Å²) in [4.78, 5) is 12.6. The fraction of sp³-hybridized carbons (Fsp3) is 0.308. The van der Waals surface area contributed by atoms with E-state index >= 15 is 0 Å². The molecule has 0 saturated carbocycles. The maximum Gasteiger partial charge on any atom is 0.331 e. The highest BCUT2D eigenvalue weighted by molar-refractivity contribution is 5.91. The van der Waals surface area contributed by atoms with Crippen LogP contribution >= 0.6 is 0 Å². The number of aliphatic hydroxyl groups excluding tert-OH is 1. The molecule has 0 radical (unpaired) electrons. The quantitative estimate of drug-likeness (QED) is 0.761. The fourth-order valence-corrected chi connectivity index (χ4v) is 1.42. The minimum atomic E-state index is -0.911. The minimum Gasteiger partial charge on any atom is -0.478 e. The third-order valence-electron chi connectivity index (χ3n) is 2.49. The molecule has 1 rings (SSSR count). The Hall–Kier alpha value is -1.81. The van der Waals surface area contributed by atoms with E-state index in [0.717, 1.165) is 11.3 Å². The highest BCUT2D eigenvalue weighted by atomic mass is 16.4. The molecule has 0 aliphatic carbocycles. The molecule has 0 bridgehead atoms. The van der Waals surface area contributed by atoms with E-state index in [1.54, 1.807) is 13.0 Å². The van der Waals surface area contributed by atoms with Gasteiger partial charge in [-0.3, -0.25) is 0 Å². The van der Waals surface area contributed by atoms with Crippen molar-refractivity contribution in [2.75, 3.05) is 25.1 Å². The first-order valence-corrected chi connectivity index (χ1v) is 5.38. The summed E-state index contributed by atoms with van der Waals surface area (Å²) in [5.74, 6) is -0.911. The molecule has 1 aromatic rings. The summed E-state index contributed by atoms with van der Waals surface area (Å²) in [7, 11) is 1.89. The van der Waals surface area contributed by atoms with E-state index in [4.69, 9.17) is 10.2 Å². The molecule has 0 heterocycles. The maximum atomic E-state index is 10.7. The fourth-order valence-electron chi connectivity index (χ4n) is 1.42. The van der Waals surface area contributed by atoms with Gasteiger partial charge in [0.05, 0.1) is 6.61 Å². The summed E-state index contributed by atoms with van der Waals surface area (Å²) in [6, 6.07) is 7.51. The van der Waals surface area contributed by atoms with Crippen molar-refractivity contribution in [3.63, 3.8) is 0 Å². The van der Waals surface area contributed by atoms with Gasteiger partial charge in [-0.25, -0.2) is 4.79 Å². The van der Waals surface area contributed by atoms with Gasteiger partial charge in [-0.2, -0.15) is 0 Å². The Labute approximate surface area is 101 Å². The van der Waals surface area contributed by atoms with Gasteiger partial charge in [0.15, 0.2) is 0 Å². The van der Waals surface area contributed by atoms with Gasteiger partial charge in [-0.1, -0.05) is 12.1 Å². The normalized spacial score (nSPS) is 11.4. The highest BCUT2D eigenvalue weighted by Gasteiger charge is 2.01. The van der Waals surface area contributed by atoms with Crippen LogP contribution in [0.4, 0.5) is 5.69 Å². The van der Waals surface area contributed by atoms with Gasteiger partial charge in [0.2, 0.25) is 0 Å². The van der Waals surface area contributed by atoms with Crippen LogP contribution in [0.1, 0.15) is 12.5 Å². The largest absolute Gasteiger partial charge is 0.478 e. The van der Waals surface area contributed by atoms with Crippen LogP contribution in [0.15, 0.2) is 29.8 Å². The molecule has 4 heteroatoms. The van der Waals surface area contributed by atoms with Crippen molar-refractivity contribution in [1.82, 2.24) is 0 Å². The van der Waals surface area contributed by atoms with Crippen LogP contribution in [0.25, 0.3) is 6.08 Å². The average molecular weight is 235 g/mol. The van der Waals surface area contributed by atoms with Crippen LogP contribution in [-0.4, -0.2) is 36.4 Å². The number of benzene rings is 1. The number of aliphatic carboxylic acids is 1. The minimum absolute atomic E-state index is 0.107. The Balaban J connectivity index is 2.81. The van der Waals surface area contributed by atoms with E-state index < -0.39 is 5.97 Å². The van der Waals surface area contributed by atoms with Crippen LogP contribution in [0.5, 0.6) is 0 Å². The molecule has 0 saturated heterocycles. The SMILES string of the molecule is C/C(=C\c1ccc(N(C)CCO)cc1)C(=O)O. The monoisotopic (exact) mass is 235 g/mol. The molecule has 4 nitrogen and oxygen atoms in total. The molecular weight excluding hydrogens is 218 g/mol. The van der Waals surface area contributed by atoms with Gasteiger partial charge in [-0.05, 0) is 30.7 Å². The van der Waals surface area contributed by atoms with E-state index in [9.17, 15) is 4.79 Å². The number of anilines is 1. The van der Waals surface area contributed by atoms with Crippen LogP contribution in [0.3, 0.4) is 0 Å². The molecule has 0 aromatic heterocycles. The zero-order valence-electron chi connectivity index (χ0n) is 10.1. The summed E-state index contributed by atoms with van der Waals surface area (Å²) in [5, 5.41) is 17.6. The summed E-state index contributed by atoms with van der Waals surface area (Å²) < 4.78 is 0.